The van der Waals surface area contributed by atoms with E-state index in [4.69, 9.17) is 4.74 Å². The molecule has 4 rings (SSSR count). The van der Waals surface area contributed by atoms with Crippen LogP contribution in [0.4, 0.5) is 0 Å². The second kappa shape index (κ2) is 5.96. The van der Waals surface area contributed by atoms with E-state index in [1.165, 1.54) is 31.5 Å². The highest BCUT2D eigenvalue weighted by atomic mass is 16.5. The van der Waals surface area contributed by atoms with E-state index in [0.29, 0.717) is 5.88 Å². The normalized spacial score (nSPS) is 15.3. The maximum absolute atomic E-state index is 5.35. The molecule has 1 aliphatic rings. The van der Waals surface area contributed by atoms with Crippen molar-refractivity contribution in [2.45, 2.75) is 19.4 Å². The number of aromatic nitrogens is 4. The average Bonchev–Trinajstić information content (AvgIpc) is 3.24. The molecule has 4 heterocycles. The Labute approximate surface area is 134 Å². The Balaban J connectivity index is 1.70. The molecule has 0 N–H and O–H groups in total. The molecule has 0 spiro atoms. The molecule has 0 saturated carbocycles. The summed E-state index contributed by atoms with van der Waals surface area (Å²) in [6.45, 7) is 3.29. The topological polar surface area (TPSA) is 55.6 Å². The molecule has 118 valence electrons. The van der Waals surface area contributed by atoms with Gasteiger partial charge in [-0.2, -0.15) is 5.10 Å². The van der Waals surface area contributed by atoms with Crippen LogP contribution >= 0.6 is 0 Å². The number of hydrogen-bond donors (Lipinski definition) is 0. The number of hydrogen-bond acceptors (Lipinski definition) is 5. The monoisotopic (exact) mass is 309 g/mol. The molecule has 0 bridgehead atoms. The number of likely N-dealkylation sites (tertiary alicyclic amines) is 1. The number of fused-ring (bicyclic) bond motifs is 1. The molecule has 0 unspecified atom stereocenters. The van der Waals surface area contributed by atoms with Crippen molar-refractivity contribution in [1.82, 2.24) is 24.5 Å². The Morgan fingerprint density at radius 2 is 2.00 bits per heavy atom. The highest BCUT2D eigenvalue weighted by Crippen LogP contribution is 2.30. The van der Waals surface area contributed by atoms with Gasteiger partial charge in [0.25, 0.3) is 0 Å². The molecule has 0 radical (unpaired) electrons. The Hall–Kier alpha value is -2.47. The largest absolute Gasteiger partial charge is 0.481 e. The number of nitrogens with zero attached hydrogens (tertiary/aromatic N) is 5. The Morgan fingerprint density at radius 3 is 2.83 bits per heavy atom. The fourth-order valence-corrected chi connectivity index (χ4v) is 3.14. The minimum absolute atomic E-state index is 0.588. The van der Waals surface area contributed by atoms with Gasteiger partial charge in [-0.05, 0) is 38.1 Å². The number of pyridine rings is 1. The SMILES string of the molecule is COc1ncccc1-c1cnn2cc(CN3CCCC3)cnc12. The molecule has 6 nitrogen and oxygen atoms in total. The third-order valence-electron chi connectivity index (χ3n) is 4.27. The molecule has 1 aliphatic heterocycles. The molecule has 1 saturated heterocycles. The van der Waals surface area contributed by atoms with E-state index in [2.05, 4.69) is 26.2 Å². The van der Waals surface area contributed by atoms with Gasteiger partial charge in [-0.15, -0.1) is 0 Å². The fraction of sp³-hybridized carbons (Fsp3) is 0.353. The molecule has 1 fully saturated rings. The van der Waals surface area contributed by atoms with Crippen molar-refractivity contribution in [1.29, 1.82) is 0 Å². The van der Waals surface area contributed by atoms with Crippen molar-refractivity contribution < 1.29 is 4.74 Å². The summed E-state index contributed by atoms with van der Waals surface area (Å²) in [5.41, 5.74) is 3.85. The van der Waals surface area contributed by atoms with Gasteiger partial charge in [0.05, 0.1) is 18.9 Å². The predicted molar refractivity (Wildman–Crippen MR) is 87.3 cm³/mol. The second-order valence-corrected chi connectivity index (χ2v) is 5.83. The van der Waals surface area contributed by atoms with E-state index in [-0.39, 0.29) is 0 Å². The molecule has 0 aromatic carbocycles. The van der Waals surface area contributed by atoms with Gasteiger partial charge < -0.3 is 4.74 Å². The van der Waals surface area contributed by atoms with Gasteiger partial charge >= 0.3 is 0 Å². The van der Waals surface area contributed by atoms with Crippen LogP contribution in [0.5, 0.6) is 5.88 Å². The van der Waals surface area contributed by atoms with Crippen molar-refractivity contribution in [2.75, 3.05) is 20.2 Å². The first-order chi connectivity index (χ1) is 11.3. The molecule has 0 atom stereocenters. The van der Waals surface area contributed by atoms with Gasteiger partial charge in [0.2, 0.25) is 5.88 Å². The van der Waals surface area contributed by atoms with Crippen LogP contribution in [0.25, 0.3) is 16.8 Å². The van der Waals surface area contributed by atoms with Gasteiger partial charge in [-0.1, -0.05) is 0 Å². The first-order valence-corrected chi connectivity index (χ1v) is 7.89. The highest BCUT2D eigenvalue weighted by Gasteiger charge is 2.15. The van der Waals surface area contributed by atoms with Crippen LogP contribution < -0.4 is 4.74 Å². The zero-order chi connectivity index (χ0) is 15.6. The third-order valence-corrected chi connectivity index (χ3v) is 4.27. The summed E-state index contributed by atoms with van der Waals surface area (Å²) in [6.07, 6.45) is 10.1. The number of methoxy groups -OCH3 is 1. The number of rotatable bonds is 4. The van der Waals surface area contributed by atoms with Gasteiger partial charge in [-0.3, -0.25) is 4.90 Å². The van der Waals surface area contributed by atoms with Crippen molar-refractivity contribution in [3.05, 3.63) is 42.5 Å². The Kier molecular flexibility index (Phi) is 3.67. The minimum Gasteiger partial charge on any atom is -0.481 e. The maximum atomic E-state index is 5.35. The van der Waals surface area contributed by atoms with E-state index < -0.39 is 0 Å². The lowest BCUT2D eigenvalue weighted by molar-refractivity contribution is 0.330. The van der Waals surface area contributed by atoms with Crippen LogP contribution in [0.2, 0.25) is 0 Å². The minimum atomic E-state index is 0.588. The first kappa shape index (κ1) is 14.1. The highest BCUT2D eigenvalue weighted by molar-refractivity contribution is 5.79. The Morgan fingerprint density at radius 1 is 1.13 bits per heavy atom. The molecule has 3 aromatic heterocycles. The summed E-state index contributed by atoms with van der Waals surface area (Å²) in [5, 5.41) is 4.46. The van der Waals surface area contributed by atoms with E-state index >= 15 is 0 Å². The van der Waals surface area contributed by atoms with Crippen molar-refractivity contribution in [3.8, 4) is 17.0 Å². The van der Waals surface area contributed by atoms with Crippen LogP contribution in [0.1, 0.15) is 18.4 Å². The van der Waals surface area contributed by atoms with E-state index in [0.717, 1.165) is 23.3 Å². The summed E-state index contributed by atoms with van der Waals surface area (Å²) in [6, 6.07) is 3.87. The lowest BCUT2D eigenvalue weighted by Crippen LogP contribution is -2.18. The second-order valence-electron chi connectivity index (χ2n) is 5.83. The summed E-state index contributed by atoms with van der Waals surface area (Å²) < 4.78 is 7.19. The molecule has 6 heteroatoms. The summed E-state index contributed by atoms with van der Waals surface area (Å²) >= 11 is 0. The lowest BCUT2D eigenvalue weighted by atomic mass is 10.1. The van der Waals surface area contributed by atoms with Gasteiger partial charge in [-0.25, -0.2) is 14.5 Å². The maximum Gasteiger partial charge on any atom is 0.221 e. The smallest absolute Gasteiger partial charge is 0.221 e. The van der Waals surface area contributed by atoms with E-state index in [9.17, 15) is 0 Å². The molecule has 0 aliphatic carbocycles. The van der Waals surface area contributed by atoms with Crippen LogP contribution in [-0.2, 0) is 6.54 Å². The lowest BCUT2D eigenvalue weighted by Gasteiger charge is -2.14. The first-order valence-electron chi connectivity index (χ1n) is 7.89. The molecule has 0 amide bonds. The average molecular weight is 309 g/mol. The van der Waals surface area contributed by atoms with E-state index in [1.54, 1.807) is 13.3 Å². The molecular weight excluding hydrogens is 290 g/mol. The van der Waals surface area contributed by atoms with Crippen molar-refractivity contribution in [2.24, 2.45) is 0 Å². The zero-order valence-electron chi connectivity index (χ0n) is 13.1. The molecular formula is C17H19N5O. The molecule has 3 aromatic rings. The summed E-state index contributed by atoms with van der Waals surface area (Å²) in [7, 11) is 1.62. The summed E-state index contributed by atoms with van der Waals surface area (Å²) in [4.78, 5) is 11.3. The van der Waals surface area contributed by atoms with Gasteiger partial charge in [0, 0.05) is 36.3 Å². The quantitative estimate of drug-likeness (QED) is 0.741. The molecule has 23 heavy (non-hydrogen) atoms. The predicted octanol–water partition coefficient (Wildman–Crippen LogP) is 2.40. The zero-order valence-corrected chi connectivity index (χ0v) is 13.1. The van der Waals surface area contributed by atoms with E-state index in [1.807, 2.05) is 29.0 Å². The van der Waals surface area contributed by atoms with Crippen LogP contribution in [-0.4, -0.2) is 44.7 Å². The van der Waals surface area contributed by atoms with Crippen molar-refractivity contribution in [3.63, 3.8) is 0 Å². The number of ether oxygens (including phenoxy) is 1. The van der Waals surface area contributed by atoms with Gasteiger partial charge in [0.15, 0.2) is 5.65 Å². The summed E-state index contributed by atoms with van der Waals surface area (Å²) in [5.74, 6) is 0.588. The Bertz CT molecular complexity index is 823. The van der Waals surface area contributed by atoms with Crippen molar-refractivity contribution >= 4 is 5.65 Å². The van der Waals surface area contributed by atoms with Crippen LogP contribution in [0.15, 0.2) is 36.9 Å². The third kappa shape index (κ3) is 2.66. The van der Waals surface area contributed by atoms with Gasteiger partial charge in [0.1, 0.15) is 0 Å². The standard InChI is InChI=1S/C17H19N5O/c1-23-17-14(5-4-6-18-17)15-10-20-22-12-13(9-19-16(15)22)11-21-7-2-3-8-21/h4-6,9-10,12H,2-3,7-8,11H2,1H3. The fourth-order valence-electron chi connectivity index (χ4n) is 3.14. The van der Waals surface area contributed by atoms with Crippen LogP contribution in [0, 0.1) is 0 Å². The van der Waals surface area contributed by atoms with Crippen LogP contribution in [0.3, 0.4) is 0 Å².